The minimum Gasteiger partial charge on any atom is -0.0665 e. The fraction of sp³-hybridized carbons (Fsp3) is 0.333. The zero-order valence-corrected chi connectivity index (χ0v) is 5.81. The molecule has 0 radical (unpaired) electrons. The number of rotatable bonds is 0. The highest BCUT2D eigenvalue weighted by molar-refractivity contribution is 5.59. The van der Waals surface area contributed by atoms with Gasteiger partial charge < -0.3 is 0 Å². The molecular formula is C9H10. The molecule has 2 rings (SSSR count). The lowest BCUT2D eigenvalue weighted by molar-refractivity contribution is 0.891. The summed E-state index contributed by atoms with van der Waals surface area (Å²) < 4.78 is 0. The van der Waals surface area contributed by atoms with E-state index in [2.05, 4.69) is 38.2 Å². The summed E-state index contributed by atoms with van der Waals surface area (Å²) in [5.74, 6) is 0. The van der Waals surface area contributed by atoms with Crippen LogP contribution in [-0.2, 0) is 0 Å². The molecule has 0 saturated heterocycles. The Labute approximate surface area is 55.6 Å². The quantitative estimate of drug-likeness (QED) is 0.428. The number of hydrogen-bond donors (Lipinski definition) is 0. The Hall–Kier alpha value is -0.780. The molecule has 2 aliphatic carbocycles. The highest BCUT2D eigenvalue weighted by atomic mass is 14.5. The van der Waals surface area contributed by atoms with Crippen molar-refractivity contribution < 1.29 is 0 Å². The number of hydrogen-bond acceptors (Lipinski definition) is 0. The van der Waals surface area contributed by atoms with Gasteiger partial charge in [-0.2, -0.15) is 0 Å². The maximum absolute atomic E-state index is 2.26. The van der Waals surface area contributed by atoms with Crippen LogP contribution in [0.4, 0.5) is 0 Å². The van der Waals surface area contributed by atoms with E-state index >= 15 is 0 Å². The van der Waals surface area contributed by atoms with Gasteiger partial charge in [0.1, 0.15) is 0 Å². The van der Waals surface area contributed by atoms with Crippen LogP contribution in [0.25, 0.3) is 0 Å². The second-order valence-electron chi connectivity index (χ2n) is 2.84. The van der Waals surface area contributed by atoms with Gasteiger partial charge in [0.2, 0.25) is 0 Å². The van der Waals surface area contributed by atoms with Crippen molar-refractivity contribution in [1.82, 2.24) is 0 Å². The van der Waals surface area contributed by atoms with Crippen LogP contribution in [0.5, 0.6) is 0 Å². The summed E-state index contributed by atoms with van der Waals surface area (Å²) in [5, 5.41) is 0. The third kappa shape index (κ3) is 0.398. The van der Waals surface area contributed by atoms with Crippen LogP contribution < -0.4 is 0 Å². The molecule has 0 aromatic rings. The Balaban J connectivity index is 2.37. The lowest BCUT2D eigenvalue weighted by atomic mass is 10.0. The fourth-order valence-electron chi connectivity index (χ4n) is 1.58. The van der Waals surface area contributed by atoms with E-state index in [0.717, 1.165) is 0 Å². The highest BCUT2D eigenvalue weighted by Gasteiger charge is 2.43. The van der Waals surface area contributed by atoms with Crippen molar-refractivity contribution >= 4 is 0 Å². The van der Waals surface area contributed by atoms with Crippen molar-refractivity contribution in [2.45, 2.75) is 13.8 Å². The summed E-state index contributed by atoms with van der Waals surface area (Å²) in [7, 11) is 0. The van der Waals surface area contributed by atoms with E-state index in [1.54, 1.807) is 0 Å². The Morgan fingerprint density at radius 2 is 1.44 bits per heavy atom. The molecule has 0 fully saturated rings. The lowest BCUT2D eigenvalue weighted by Gasteiger charge is -2.01. The zero-order chi connectivity index (χ0) is 6.48. The van der Waals surface area contributed by atoms with Gasteiger partial charge in [0.05, 0.1) is 0 Å². The van der Waals surface area contributed by atoms with Gasteiger partial charge in [-0.3, -0.25) is 0 Å². The first kappa shape index (κ1) is 5.04. The average Bonchev–Trinajstić information content (AvgIpc) is 2.44. The first-order valence-corrected chi connectivity index (χ1v) is 3.33. The van der Waals surface area contributed by atoms with Gasteiger partial charge in [-0.25, -0.2) is 0 Å². The smallest absolute Gasteiger partial charge is 0.0489 e. The van der Waals surface area contributed by atoms with Crippen LogP contribution in [0.1, 0.15) is 13.8 Å². The highest BCUT2D eigenvalue weighted by Crippen LogP contribution is 2.56. The minimum absolute atomic E-state index is 0.333. The topological polar surface area (TPSA) is 0 Å². The van der Waals surface area contributed by atoms with Crippen LogP contribution in [0, 0.1) is 5.41 Å². The molecule has 0 atom stereocenters. The standard InChI is InChI=1S/C9H10/c1-7-8(2)9(7)5-3-4-6-9/h3-6H,1-2H3. The van der Waals surface area contributed by atoms with Gasteiger partial charge in [0.25, 0.3) is 0 Å². The molecule has 0 aromatic carbocycles. The van der Waals surface area contributed by atoms with Gasteiger partial charge in [-0.05, 0) is 13.8 Å². The van der Waals surface area contributed by atoms with Gasteiger partial charge in [0, 0.05) is 5.41 Å². The first-order chi connectivity index (χ1) is 4.27. The Bertz CT molecular complexity index is 213. The molecule has 0 aliphatic heterocycles. The van der Waals surface area contributed by atoms with Crippen molar-refractivity contribution in [2.24, 2.45) is 5.41 Å². The van der Waals surface area contributed by atoms with Crippen molar-refractivity contribution in [1.29, 1.82) is 0 Å². The molecule has 0 nitrogen and oxygen atoms in total. The summed E-state index contributed by atoms with van der Waals surface area (Å²) in [6, 6.07) is 0. The van der Waals surface area contributed by atoms with Crippen LogP contribution >= 0.6 is 0 Å². The van der Waals surface area contributed by atoms with E-state index in [1.165, 1.54) is 11.1 Å². The molecule has 0 N–H and O–H groups in total. The van der Waals surface area contributed by atoms with Crippen LogP contribution in [0.2, 0.25) is 0 Å². The average molecular weight is 118 g/mol. The summed E-state index contributed by atoms with van der Waals surface area (Å²) in [6.45, 7) is 4.41. The summed E-state index contributed by atoms with van der Waals surface area (Å²) >= 11 is 0. The van der Waals surface area contributed by atoms with Crippen LogP contribution in [-0.4, -0.2) is 0 Å². The van der Waals surface area contributed by atoms with Crippen LogP contribution in [0.15, 0.2) is 35.5 Å². The monoisotopic (exact) mass is 118 g/mol. The van der Waals surface area contributed by atoms with E-state index in [-0.39, 0.29) is 0 Å². The maximum Gasteiger partial charge on any atom is 0.0489 e. The zero-order valence-electron chi connectivity index (χ0n) is 5.81. The van der Waals surface area contributed by atoms with Gasteiger partial charge in [-0.1, -0.05) is 35.5 Å². The molecule has 0 unspecified atom stereocenters. The molecule has 46 valence electrons. The van der Waals surface area contributed by atoms with Crippen molar-refractivity contribution in [3.05, 3.63) is 35.5 Å². The SMILES string of the molecule is CC1=C(C)C12C=CC=C2. The summed E-state index contributed by atoms with van der Waals surface area (Å²) in [5.41, 5.74) is 3.40. The van der Waals surface area contributed by atoms with E-state index in [9.17, 15) is 0 Å². The van der Waals surface area contributed by atoms with Crippen molar-refractivity contribution in [3.63, 3.8) is 0 Å². The predicted molar refractivity (Wildman–Crippen MR) is 39.1 cm³/mol. The third-order valence-corrected chi connectivity index (χ3v) is 2.57. The van der Waals surface area contributed by atoms with Crippen LogP contribution in [0.3, 0.4) is 0 Å². The van der Waals surface area contributed by atoms with E-state index in [1.807, 2.05) is 0 Å². The molecule has 0 heterocycles. The van der Waals surface area contributed by atoms with Crippen molar-refractivity contribution in [3.8, 4) is 0 Å². The number of allylic oxidation sites excluding steroid dienone is 6. The Morgan fingerprint density at radius 1 is 1.00 bits per heavy atom. The van der Waals surface area contributed by atoms with Crippen molar-refractivity contribution in [2.75, 3.05) is 0 Å². The Morgan fingerprint density at radius 3 is 1.67 bits per heavy atom. The molecular weight excluding hydrogens is 108 g/mol. The van der Waals surface area contributed by atoms with Gasteiger partial charge in [0.15, 0.2) is 0 Å². The molecule has 0 bridgehead atoms. The maximum atomic E-state index is 2.26. The Kier molecular flexibility index (Phi) is 0.675. The van der Waals surface area contributed by atoms with E-state index < -0.39 is 0 Å². The van der Waals surface area contributed by atoms with Gasteiger partial charge in [-0.15, -0.1) is 0 Å². The molecule has 2 aliphatic rings. The van der Waals surface area contributed by atoms with E-state index in [0.29, 0.717) is 5.41 Å². The molecule has 9 heavy (non-hydrogen) atoms. The second kappa shape index (κ2) is 1.21. The molecule has 1 spiro atoms. The van der Waals surface area contributed by atoms with E-state index in [4.69, 9.17) is 0 Å². The largest absolute Gasteiger partial charge is 0.0665 e. The second-order valence-corrected chi connectivity index (χ2v) is 2.84. The van der Waals surface area contributed by atoms with Gasteiger partial charge >= 0.3 is 0 Å². The molecule has 0 aromatic heterocycles. The molecule has 0 heteroatoms. The first-order valence-electron chi connectivity index (χ1n) is 3.33. The third-order valence-electron chi connectivity index (χ3n) is 2.57. The minimum atomic E-state index is 0.333. The summed E-state index contributed by atoms with van der Waals surface area (Å²) in [6.07, 6.45) is 8.77. The normalized spacial score (nSPS) is 26.4. The fourth-order valence-corrected chi connectivity index (χ4v) is 1.58. The lowest BCUT2D eigenvalue weighted by Crippen LogP contribution is -1.92. The predicted octanol–water partition coefficient (Wildman–Crippen LogP) is 2.45. The molecule has 0 amide bonds. The molecule has 0 saturated carbocycles. The summed E-state index contributed by atoms with van der Waals surface area (Å²) in [4.78, 5) is 0.